The van der Waals surface area contributed by atoms with E-state index in [1.807, 2.05) is 0 Å². The molecule has 2 rings (SSSR count). The highest BCUT2D eigenvalue weighted by Gasteiger charge is 2.09. The third kappa shape index (κ3) is 4.86. The van der Waals surface area contributed by atoms with Crippen molar-refractivity contribution in [2.24, 2.45) is 0 Å². The molecule has 2 aromatic carbocycles. The molecule has 0 saturated heterocycles. The van der Waals surface area contributed by atoms with E-state index in [-0.39, 0.29) is 12.5 Å². The third-order valence-corrected chi connectivity index (χ3v) is 3.73. The van der Waals surface area contributed by atoms with Crippen molar-refractivity contribution in [2.45, 2.75) is 19.9 Å². The zero-order valence-electron chi connectivity index (χ0n) is 13.5. The van der Waals surface area contributed by atoms with Gasteiger partial charge in [-0.2, -0.15) is 5.26 Å². The van der Waals surface area contributed by atoms with E-state index in [1.54, 1.807) is 36.2 Å². The van der Waals surface area contributed by atoms with Crippen molar-refractivity contribution < 1.29 is 4.79 Å². The third-order valence-electron chi connectivity index (χ3n) is 3.73. The van der Waals surface area contributed by atoms with Gasteiger partial charge in [-0.1, -0.05) is 31.2 Å². The molecule has 23 heavy (non-hydrogen) atoms. The lowest BCUT2D eigenvalue weighted by atomic mass is 10.1. The minimum absolute atomic E-state index is 0.0222. The van der Waals surface area contributed by atoms with Crippen molar-refractivity contribution in [1.29, 1.82) is 5.26 Å². The molecule has 0 bridgehead atoms. The molecular weight excluding hydrogens is 286 g/mol. The predicted octanol–water partition coefficient (Wildman–Crippen LogP) is 3.19. The first kappa shape index (κ1) is 16.6. The van der Waals surface area contributed by atoms with Crippen molar-refractivity contribution in [2.75, 3.05) is 18.9 Å². The number of hydrogen-bond acceptors (Lipinski definition) is 3. The Morgan fingerprint density at radius 3 is 2.26 bits per heavy atom. The zero-order valence-corrected chi connectivity index (χ0v) is 13.5. The van der Waals surface area contributed by atoms with Gasteiger partial charge < -0.3 is 10.2 Å². The number of nitriles is 1. The summed E-state index contributed by atoms with van der Waals surface area (Å²) in [7, 11) is 1.80. The number of nitrogens with one attached hydrogen (secondary N) is 1. The number of nitrogens with zero attached hydrogens (tertiary/aromatic N) is 2. The molecule has 1 N–H and O–H groups in total. The van der Waals surface area contributed by atoms with Crippen LogP contribution in [0.4, 0.5) is 5.69 Å². The second-order valence-corrected chi connectivity index (χ2v) is 5.46. The SMILES string of the molecule is CCc1ccc(CN(C)C(=O)CNc2ccc(C#N)cc2)cc1. The molecule has 0 aliphatic rings. The monoisotopic (exact) mass is 307 g/mol. The van der Waals surface area contributed by atoms with E-state index in [0.29, 0.717) is 12.1 Å². The van der Waals surface area contributed by atoms with Crippen LogP contribution in [0.3, 0.4) is 0 Å². The van der Waals surface area contributed by atoms with Gasteiger partial charge in [-0.05, 0) is 41.8 Å². The Balaban J connectivity index is 1.85. The first-order valence-corrected chi connectivity index (χ1v) is 7.68. The number of amides is 1. The van der Waals surface area contributed by atoms with Crippen LogP contribution in [-0.2, 0) is 17.8 Å². The summed E-state index contributed by atoms with van der Waals surface area (Å²) >= 11 is 0. The number of rotatable bonds is 6. The van der Waals surface area contributed by atoms with Crippen molar-refractivity contribution >= 4 is 11.6 Å². The molecule has 4 nitrogen and oxygen atoms in total. The standard InChI is InChI=1S/C19H21N3O/c1-3-15-4-6-17(7-5-15)14-22(2)19(23)13-21-18-10-8-16(12-20)9-11-18/h4-11,21H,3,13-14H2,1-2H3. The molecule has 0 heterocycles. The highest BCUT2D eigenvalue weighted by atomic mass is 16.2. The predicted molar refractivity (Wildman–Crippen MR) is 91.9 cm³/mol. The van der Waals surface area contributed by atoms with E-state index in [0.717, 1.165) is 17.7 Å². The molecular formula is C19H21N3O. The fourth-order valence-corrected chi connectivity index (χ4v) is 2.22. The van der Waals surface area contributed by atoms with Gasteiger partial charge in [0, 0.05) is 19.3 Å². The van der Waals surface area contributed by atoms with Crippen molar-refractivity contribution in [3.8, 4) is 6.07 Å². The Labute approximate surface area is 137 Å². The summed E-state index contributed by atoms with van der Waals surface area (Å²) in [5, 5.41) is 11.8. The lowest BCUT2D eigenvalue weighted by molar-refractivity contribution is -0.128. The average molecular weight is 307 g/mol. The molecule has 0 atom stereocenters. The second-order valence-electron chi connectivity index (χ2n) is 5.46. The Bertz CT molecular complexity index is 684. The summed E-state index contributed by atoms with van der Waals surface area (Å²) in [5.74, 6) is 0.0222. The minimum Gasteiger partial charge on any atom is -0.376 e. The number of carbonyl (C=O) groups excluding carboxylic acids is 1. The summed E-state index contributed by atoms with van der Waals surface area (Å²) in [6.45, 7) is 2.95. The zero-order chi connectivity index (χ0) is 16.7. The number of likely N-dealkylation sites (N-methyl/N-ethyl adjacent to an activating group) is 1. The maximum Gasteiger partial charge on any atom is 0.241 e. The van der Waals surface area contributed by atoms with Gasteiger partial charge in [-0.3, -0.25) is 4.79 Å². The summed E-state index contributed by atoms with van der Waals surface area (Å²) in [6, 6.07) is 17.5. The van der Waals surface area contributed by atoms with Crippen LogP contribution in [0.1, 0.15) is 23.6 Å². The van der Waals surface area contributed by atoms with E-state index in [1.165, 1.54) is 5.56 Å². The van der Waals surface area contributed by atoms with Crippen LogP contribution < -0.4 is 5.32 Å². The van der Waals surface area contributed by atoms with Gasteiger partial charge in [0.15, 0.2) is 0 Å². The van der Waals surface area contributed by atoms with Gasteiger partial charge in [0.1, 0.15) is 0 Å². The summed E-state index contributed by atoms with van der Waals surface area (Å²) < 4.78 is 0. The minimum atomic E-state index is 0.0222. The molecule has 0 radical (unpaired) electrons. The maximum atomic E-state index is 12.2. The molecule has 0 unspecified atom stereocenters. The van der Waals surface area contributed by atoms with Crippen LogP contribution in [0.5, 0.6) is 0 Å². The lowest BCUT2D eigenvalue weighted by Crippen LogP contribution is -2.31. The van der Waals surface area contributed by atoms with Crippen molar-refractivity contribution in [1.82, 2.24) is 4.90 Å². The highest BCUT2D eigenvalue weighted by Crippen LogP contribution is 2.10. The van der Waals surface area contributed by atoms with E-state index >= 15 is 0 Å². The molecule has 1 amide bonds. The smallest absolute Gasteiger partial charge is 0.241 e. The van der Waals surface area contributed by atoms with Crippen LogP contribution in [0.15, 0.2) is 48.5 Å². The average Bonchev–Trinajstić information content (AvgIpc) is 2.60. The number of carbonyl (C=O) groups is 1. The Morgan fingerprint density at radius 1 is 1.09 bits per heavy atom. The largest absolute Gasteiger partial charge is 0.376 e. The van der Waals surface area contributed by atoms with Crippen LogP contribution in [0.2, 0.25) is 0 Å². The Hall–Kier alpha value is -2.80. The van der Waals surface area contributed by atoms with E-state index < -0.39 is 0 Å². The van der Waals surface area contributed by atoms with Gasteiger partial charge in [0.25, 0.3) is 0 Å². The summed E-state index contributed by atoms with van der Waals surface area (Å²) in [6.07, 6.45) is 1.02. The molecule has 0 fully saturated rings. The van der Waals surface area contributed by atoms with Gasteiger partial charge in [-0.15, -0.1) is 0 Å². The second kappa shape index (κ2) is 8.00. The molecule has 0 aromatic heterocycles. The van der Waals surface area contributed by atoms with Crippen molar-refractivity contribution in [3.05, 3.63) is 65.2 Å². The topological polar surface area (TPSA) is 56.1 Å². The van der Waals surface area contributed by atoms with Gasteiger partial charge >= 0.3 is 0 Å². The quantitative estimate of drug-likeness (QED) is 0.891. The fraction of sp³-hybridized carbons (Fsp3) is 0.263. The van der Waals surface area contributed by atoms with Gasteiger partial charge in [0.2, 0.25) is 5.91 Å². The first-order valence-electron chi connectivity index (χ1n) is 7.68. The van der Waals surface area contributed by atoms with Crippen LogP contribution >= 0.6 is 0 Å². The Kier molecular flexibility index (Phi) is 5.76. The highest BCUT2D eigenvalue weighted by molar-refractivity contribution is 5.80. The first-order chi connectivity index (χ1) is 11.1. The van der Waals surface area contributed by atoms with Gasteiger partial charge in [-0.25, -0.2) is 0 Å². The molecule has 0 aliphatic carbocycles. The van der Waals surface area contributed by atoms with Crippen LogP contribution in [-0.4, -0.2) is 24.4 Å². The van der Waals surface area contributed by atoms with Gasteiger partial charge in [0.05, 0.1) is 18.2 Å². The fourth-order valence-electron chi connectivity index (χ4n) is 2.22. The van der Waals surface area contributed by atoms with E-state index in [9.17, 15) is 4.79 Å². The van der Waals surface area contributed by atoms with E-state index in [2.05, 4.69) is 42.6 Å². The molecule has 2 aromatic rings. The lowest BCUT2D eigenvalue weighted by Gasteiger charge is -2.18. The van der Waals surface area contributed by atoms with Crippen LogP contribution in [0, 0.1) is 11.3 Å². The normalized spacial score (nSPS) is 9.96. The number of aryl methyl sites for hydroxylation is 1. The number of anilines is 1. The van der Waals surface area contributed by atoms with Crippen molar-refractivity contribution in [3.63, 3.8) is 0 Å². The Morgan fingerprint density at radius 2 is 1.70 bits per heavy atom. The van der Waals surface area contributed by atoms with E-state index in [4.69, 9.17) is 5.26 Å². The van der Waals surface area contributed by atoms with Crippen LogP contribution in [0.25, 0.3) is 0 Å². The molecule has 0 saturated carbocycles. The number of hydrogen-bond donors (Lipinski definition) is 1. The molecule has 4 heteroatoms. The molecule has 0 spiro atoms. The maximum absolute atomic E-state index is 12.2. The number of benzene rings is 2. The molecule has 0 aliphatic heterocycles. The molecule has 118 valence electrons. The summed E-state index contributed by atoms with van der Waals surface area (Å²) in [5.41, 5.74) is 3.86. The summed E-state index contributed by atoms with van der Waals surface area (Å²) in [4.78, 5) is 13.9.